The van der Waals surface area contributed by atoms with Gasteiger partial charge in [-0.15, -0.1) is 0 Å². The standard InChI is InChI=1S/C14H21FN2/c1-11(12-6-4-5-7-13(12)15)17-9-8-16-14(2,3)10-17/h4-7,11,16H,8-10H2,1-3H3. The predicted molar refractivity (Wildman–Crippen MR) is 68.5 cm³/mol. The maximum absolute atomic E-state index is 13.7. The first-order valence-electron chi connectivity index (χ1n) is 6.23. The molecule has 1 aromatic rings. The lowest BCUT2D eigenvalue weighted by molar-refractivity contribution is 0.115. The normalized spacial score (nSPS) is 22.4. The molecule has 0 aromatic heterocycles. The number of rotatable bonds is 2. The fourth-order valence-corrected chi connectivity index (χ4v) is 2.52. The van der Waals surface area contributed by atoms with E-state index in [0.29, 0.717) is 0 Å². The van der Waals surface area contributed by atoms with Crippen molar-refractivity contribution >= 4 is 0 Å². The molecule has 1 atom stereocenters. The van der Waals surface area contributed by atoms with Gasteiger partial charge in [0.15, 0.2) is 0 Å². The monoisotopic (exact) mass is 236 g/mol. The molecule has 1 aliphatic rings. The minimum absolute atomic E-state index is 0.101. The second-order valence-electron chi connectivity index (χ2n) is 5.48. The summed E-state index contributed by atoms with van der Waals surface area (Å²) in [5.41, 5.74) is 0.905. The molecule has 1 heterocycles. The number of halogens is 1. The van der Waals surface area contributed by atoms with Gasteiger partial charge in [0.25, 0.3) is 0 Å². The Bertz CT molecular complexity index is 390. The van der Waals surface area contributed by atoms with Crippen molar-refractivity contribution in [1.82, 2.24) is 10.2 Å². The van der Waals surface area contributed by atoms with Crippen LogP contribution in [0.5, 0.6) is 0 Å². The van der Waals surface area contributed by atoms with E-state index in [1.165, 1.54) is 0 Å². The highest BCUT2D eigenvalue weighted by Gasteiger charge is 2.29. The molecule has 0 aliphatic carbocycles. The van der Waals surface area contributed by atoms with Gasteiger partial charge in [0, 0.05) is 36.8 Å². The largest absolute Gasteiger partial charge is 0.309 e. The van der Waals surface area contributed by atoms with E-state index in [9.17, 15) is 4.39 Å². The molecule has 2 rings (SSSR count). The first kappa shape index (κ1) is 12.5. The van der Waals surface area contributed by atoms with E-state index in [0.717, 1.165) is 25.2 Å². The van der Waals surface area contributed by atoms with Crippen LogP contribution in [-0.4, -0.2) is 30.1 Å². The molecule has 1 aromatic carbocycles. The first-order chi connectivity index (χ1) is 7.99. The molecule has 0 spiro atoms. The van der Waals surface area contributed by atoms with Gasteiger partial charge >= 0.3 is 0 Å². The molecule has 0 saturated carbocycles. The van der Waals surface area contributed by atoms with Gasteiger partial charge in [-0.05, 0) is 26.8 Å². The summed E-state index contributed by atoms with van der Waals surface area (Å²) < 4.78 is 13.7. The van der Waals surface area contributed by atoms with Crippen molar-refractivity contribution in [2.75, 3.05) is 19.6 Å². The number of benzene rings is 1. The zero-order valence-corrected chi connectivity index (χ0v) is 10.8. The van der Waals surface area contributed by atoms with Crippen LogP contribution >= 0.6 is 0 Å². The SMILES string of the molecule is CC(c1ccccc1F)N1CCNC(C)(C)C1. The van der Waals surface area contributed by atoms with E-state index in [-0.39, 0.29) is 17.4 Å². The summed E-state index contributed by atoms with van der Waals surface area (Å²) in [7, 11) is 0. The van der Waals surface area contributed by atoms with E-state index in [2.05, 4.69) is 31.0 Å². The van der Waals surface area contributed by atoms with Crippen LogP contribution in [0.2, 0.25) is 0 Å². The second-order valence-corrected chi connectivity index (χ2v) is 5.48. The maximum atomic E-state index is 13.7. The lowest BCUT2D eigenvalue weighted by atomic mass is 9.98. The Morgan fingerprint density at radius 2 is 2.06 bits per heavy atom. The first-order valence-corrected chi connectivity index (χ1v) is 6.23. The summed E-state index contributed by atoms with van der Waals surface area (Å²) >= 11 is 0. The minimum atomic E-state index is -0.101. The summed E-state index contributed by atoms with van der Waals surface area (Å²) in [5.74, 6) is -0.101. The van der Waals surface area contributed by atoms with Crippen molar-refractivity contribution in [3.05, 3.63) is 35.6 Å². The lowest BCUT2D eigenvalue weighted by Gasteiger charge is -2.42. The van der Waals surface area contributed by atoms with Crippen molar-refractivity contribution < 1.29 is 4.39 Å². The minimum Gasteiger partial charge on any atom is -0.309 e. The summed E-state index contributed by atoms with van der Waals surface area (Å²) in [6.45, 7) is 9.34. The third-order valence-corrected chi connectivity index (χ3v) is 3.50. The molecule has 17 heavy (non-hydrogen) atoms. The Morgan fingerprint density at radius 1 is 1.35 bits per heavy atom. The van der Waals surface area contributed by atoms with Crippen LogP contribution in [0, 0.1) is 5.82 Å². The highest BCUT2D eigenvalue weighted by molar-refractivity contribution is 5.21. The van der Waals surface area contributed by atoms with Gasteiger partial charge in [-0.2, -0.15) is 0 Å². The van der Waals surface area contributed by atoms with Crippen molar-refractivity contribution in [1.29, 1.82) is 0 Å². The molecule has 1 aliphatic heterocycles. The fraction of sp³-hybridized carbons (Fsp3) is 0.571. The van der Waals surface area contributed by atoms with Gasteiger partial charge in [0.05, 0.1) is 0 Å². The topological polar surface area (TPSA) is 15.3 Å². The number of hydrogen-bond donors (Lipinski definition) is 1. The zero-order chi connectivity index (χ0) is 12.5. The Labute approximate surface area is 103 Å². The van der Waals surface area contributed by atoms with Crippen LogP contribution in [-0.2, 0) is 0 Å². The van der Waals surface area contributed by atoms with E-state index in [4.69, 9.17) is 0 Å². The summed E-state index contributed by atoms with van der Waals surface area (Å²) in [4.78, 5) is 2.34. The Morgan fingerprint density at radius 3 is 2.71 bits per heavy atom. The van der Waals surface area contributed by atoms with Crippen LogP contribution in [0.4, 0.5) is 4.39 Å². The maximum Gasteiger partial charge on any atom is 0.127 e. The summed E-state index contributed by atoms with van der Waals surface area (Å²) in [5, 5.41) is 3.47. The van der Waals surface area contributed by atoms with Gasteiger partial charge in [-0.1, -0.05) is 18.2 Å². The van der Waals surface area contributed by atoms with Crippen molar-refractivity contribution in [3.8, 4) is 0 Å². The predicted octanol–water partition coefficient (Wildman–Crippen LogP) is 2.57. The molecule has 1 unspecified atom stereocenters. The van der Waals surface area contributed by atoms with E-state index >= 15 is 0 Å². The van der Waals surface area contributed by atoms with E-state index in [1.54, 1.807) is 12.1 Å². The van der Waals surface area contributed by atoms with Crippen molar-refractivity contribution in [3.63, 3.8) is 0 Å². The van der Waals surface area contributed by atoms with Gasteiger partial charge in [0.2, 0.25) is 0 Å². The summed E-state index contributed by atoms with van der Waals surface area (Å²) in [6.07, 6.45) is 0. The van der Waals surface area contributed by atoms with E-state index < -0.39 is 0 Å². The van der Waals surface area contributed by atoms with Crippen LogP contribution in [0.3, 0.4) is 0 Å². The van der Waals surface area contributed by atoms with Crippen LogP contribution in [0.25, 0.3) is 0 Å². The fourth-order valence-electron chi connectivity index (χ4n) is 2.52. The van der Waals surface area contributed by atoms with Crippen molar-refractivity contribution in [2.24, 2.45) is 0 Å². The second kappa shape index (κ2) is 4.75. The van der Waals surface area contributed by atoms with Crippen LogP contribution in [0.1, 0.15) is 32.4 Å². The quantitative estimate of drug-likeness (QED) is 0.849. The number of nitrogens with zero attached hydrogens (tertiary/aromatic N) is 1. The molecular weight excluding hydrogens is 215 g/mol. The Balaban J connectivity index is 2.15. The number of hydrogen-bond acceptors (Lipinski definition) is 2. The molecule has 0 amide bonds. The van der Waals surface area contributed by atoms with Gasteiger partial charge in [-0.3, -0.25) is 4.90 Å². The Kier molecular flexibility index (Phi) is 3.50. The highest BCUT2D eigenvalue weighted by atomic mass is 19.1. The molecule has 1 N–H and O–H groups in total. The third-order valence-electron chi connectivity index (χ3n) is 3.50. The molecule has 0 bridgehead atoms. The molecule has 94 valence electrons. The lowest BCUT2D eigenvalue weighted by Crippen LogP contribution is -2.57. The third kappa shape index (κ3) is 2.85. The number of piperazine rings is 1. The molecule has 3 heteroatoms. The zero-order valence-electron chi connectivity index (χ0n) is 10.8. The summed E-state index contributed by atoms with van der Waals surface area (Å²) in [6, 6.07) is 7.21. The average Bonchev–Trinajstić information content (AvgIpc) is 2.27. The molecule has 1 fully saturated rings. The smallest absolute Gasteiger partial charge is 0.127 e. The van der Waals surface area contributed by atoms with Crippen LogP contribution < -0.4 is 5.32 Å². The van der Waals surface area contributed by atoms with Crippen LogP contribution in [0.15, 0.2) is 24.3 Å². The van der Waals surface area contributed by atoms with E-state index in [1.807, 2.05) is 12.1 Å². The van der Waals surface area contributed by atoms with Gasteiger partial charge < -0.3 is 5.32 Å². The van der Waals surface area contributed by atoms with Gasteiger partial charge in [-0.25, -0.2) is 4.39 Å². The molecular formula is C14H21FN2. The number of nitrogens with one attached hydrogen (secondary N) is 1. The highest BCUT2D eigenvalue weighted by Crippen LogP contribution is 2.25. The molecule has 2 nitrogen and oxygen atoms in total. The van der Waals surface area contributed by atoms with Gasteiger partial charge in [0.1, 0.15) is 5.82 Å². The van der Waals surface area contributed by atoms with Crippen molar-refractivity contribution in [2.45, 2.75) is 32.4 Å². The average molecular weight is 236 g/mol. The molecule has 0 radical (unpaired) electrons. The molecule has 1 saturated heterocycles. The Hall–Kier alpha value is -0.930.